The molecular formula is C27H24N2S. The number of anilines is 2. The first-order valence-corrected chi connectivity index (χ1v) is 10.4. The fraction of sp³-hybridized carbons (Fsp3) is 0.0741. The molecule has 4 aromatic carbocycles. The van der Waals surface area contributed by atoms with E-state index in [9.17, 15) is 0 Å². The smallest absolute Gasteiger partial charge is 0.120 e. The molecule has 0 saturated heterocycles. The minimum atomic E-state index is 0.761. The molecule has 0 spiro atoms. The molecular weight excluding hydrogens is 384 g/mol. The molecule has 0 bridgehead atoms. The van der Waals surface area contributed by atoms with Crippen LogP contribution in [0.5, 0.6) is 0 Å². The Bertz CT molecular complexity index is 1180. The van der Waals surface area contributed by atoms with Crippen LogP contribution < -0.4 is 4.90 Å². The van der Waals surface area contributed by atoms with Gasteiger partial charge < -0.3 is 9.80 Å². The number of nitrogens with zero attached hydrogens (tertiary/aromatic N) is 2. The molecule has 2 nitrogen and oxygen atoms in total. The second kappa shape index (κ2) is 8.93. The molecule has 3 heteroatoms. The van der Waals surface area contributed by atoms with Crippen molar-refractivity contribution in [2.24, 2.45) is 0 Å². The summed E-state index contributed by atoms with van der Waals surface area (Å²) < 4.78 is 0. The highest BCUT2D eigenvalue weighted by atomic mass is 32.1. The summed E-state index contributed by atoms with van der Waals surface area (Å²) in [6.45, 7) is 0. The fourth-order valence-electron chi connectivity index (χ4n) is 3.53. The Morgan fingerprint density at radius 1 is 0.667 bits per heavy atom. The fourth-order valence-corrected chi connectivity index (χ4v) is 3.91. The van der Waals surface area contributed by atoms with Crippen LogP contribution in [0.1, 0.15) is 5.56 Å². The minimum absolute atomic E-state index is 0.761. The van der Waals surface area contributed by atoms with E-state index in [0.29, 0.717) is 0 Å². The maximum atomic E-state index is 6.12. The Morgan fingerprint density at radius 2 is 1.27 bits per heavy atom. The first kappa shape index (κ1) is 19.9. The van der Waals surface area contributed by atoms with E-state index in [1.54, 1.807) is 0 Å². The molecule has 148 valence electrons. The van der Waals surface area contributed by atoms with Crippen molar-refractivity contribution in [1.82, 2.24) is 4.90 Å². The maximum absolute atomic E-state index is 6.12. The van der Waals surface area contributed by atoms with Gasteiger partial charge in [0.25, 0.3) is 0 Å². The molecule has 4 aromatic rings. The van der Waals surface area contributed by atoms with Gasteiger partial charge in [0.15, 0.2) is 0 Å². The third-order valence-corrected chi connectivity index (χ3v) is 5.31. The van der Waals surface area contributed by atoms with E-state index in [-0.39, 0.29) is 0 Å². The third kappa shape index (κ3) is 4.27. The van der Waals surface area contributed by atoms with Crippen LogP contribution in [0, 0.1) is 0 Å². The Balaban J connectivity index is 1.87. The van der Waals surface area contributed by atoms with Crippen molar-refractivity contribution >= 4 is 44.9 Å². The Kier molecular flexibility index (Phi) is 5.92. The van der Waals surface area contributed by atoms with Gasteiger partial charge in [0, 0.05) is 37.2 Å². The van der Waals surface area contributed by atoms with Crippen molar-refractivity contribution in [1.29, 1.82) is 0 Å². The largest absolute Gasteiger partial charge is 0.383 e. The quantitative estimate of drug-likeness (QED) is 0.262. The highest BCUT2D eigenvalue weighted by Gasteiger charge is 2.20. The summed E-state index contributed by atoms with van der Waals surface area (Å²) in [5.74, 6) is 0. The van der Waals surface area contributed by atoms with Gasteiger partial charge in [0.1, 0.15) is 4.99 Å². The SMILES string of the molecule is CN(C)C=C(C(=S)N(c1ccccc1)c1ccc2ccccc2c1)c1ccccc1. The normalized spacial score (nSPS) is 11.3. The van der Waals surface area contributed by atoms with E-state index in [4.69, 9.17) is 12.2 Å². The second-order valence-corrected chi connectivity index (χ2v) is 7.77. The van der Waals surface area contributed by atoms with Gasteiger partial charge in [0.2, 0.25) is 0 Å². The molecule has 0 heterocycles. The molecule has 0 unspecified atom stereocenters. The number of hydrogen-bond donors (Lipinski definition) is 0. The number of rotatable bonds is 5. The Morgan fingerprint density at radius 3 is 1.93 bits per heavy atom. The first-order chi connectivity index (χ1) is 14.6. The van der Waals surface area contributed by atoms with E-state index < -0.39 is 0 Å². The molecule has 4 rings (SSSR count). The van der Waals surface area contributed by atoms with Gasteiger partial charge in [-0.1, -0.05) is 91.1 Å². The summed E-state index contributed by atoms with van der Waals surface area (Å²) in [6, 6.07) is 35.5. The van der Waals surface area contributed by atoms with Crippen molar-refractivity contribution in [2.75, 3.05) is 19.0 Å². The zero-order valence-corrected chi connectivity index (χ0v) is 18.0. The molecule has 0 aliphatic rings. The lowest BCUT2D eigenvalue weighted by molar-refractivity contribution is 0.566. The minimum Gasteiger partial charge on any atom is -0.383 e. The van der Waals surface area contributed by atoms with E-state index in [1.165, 1.54) is 10.8 Å². The van der Waals surface area contributed by atoms with Gasteiger partial charge in [-0.05, 0) is 40.6 Å². The molecule has 0 radical (unpaired) electrons. The summed E-state index contributed by atoms with van der Waals surface area (Å²) in [7, 11) is 4.04. The predicted octanol–water partition coefficient (Wildman–Crippen LogP) is 6.91. The van der Waals surface area contributed by atoms with Crippen molar-refractivity contribution < 1.29 is 0 Å². The summed E-state index contributed by atoms with van der Waals surface area (Å²) in [5.41, 5.74) is 4.19. The Hall–Kier alpha value is -3.43. The summed E-state index contributed by atoms with van der Waals surface area (Å²) in [4.78, 5) is 4.96. The third-order valence-electron chi connectivity index (χ3n) is 4.91. The van der Waals surface area contributed by atoms with E-state index >= 15 is 0 Å². The van der Waals surface area contributed by atoms with Gasteiger partial charge in [-0.15, -0.1) is 0 Å². The van der Waals surface area contributed by atoms with Crippen molar-refractivity contribution in [2.45, 2.75) is 0 Å². The highest BCUT2D eigenvalue weighted by molar-refractivity contribution is 7.81. The number of para-hydroxylation sites is 1. The summed E-state index contributed by atoms with van der Waals surface area (Å²) in [6.07, 6.45) is 2.09. The summed E-state index contributed by atoms with van der Waals surface area (Å²) in [5, 5.41) is 2.41. The van der Waals surface area contributed by atoms with Crippen LogP contribution in [0.15, 0.2) is 109 Å². The van der Waals surface area contributed by atoms with Crippen molar-refractivity contribution in [3.05, 3.63) is 115 Å². The molecule has 0 aliphatic carbocycles. The van der Waals surface area contributed by atoms with Crippen LogP contribution in [-0.4, -0.2) is 24.0 Å². The second-order valence-electron chi connectivity index (χ2n) is 7.38. The molecule has 0 amide bonds. The number of thiocarbonyl (C=S) groups is 1. The first-order valence-electron chi connectivity index (χ1n) is 9.95. The standard InChI is InChI=1S/C27H24N2S/c1-28(2)20-26(22-12-5-3-6-13-22)27(30)29(24-15-7-4-8-16-24)25-18-17-21-11-9-10-14-23(21)19-25/h3-20H,1-2H3. The lowest BCUT2D eigenvalue weighted by atomic mass is 10.0. The van der Waals surface area contributed by atoms with E-state index in [0.717, 1.165) is 27.5 Å². The van der Waals surface area contributed by atoms with Gasteiger partial charge in [-0.25, -0.2) is 0 Å². The van der Waals surface area contributed by atoms with Crippen LogP contribution in [0.4, 0.5) is 11.4 Å². The lowest BCUT2D eigenvalue weighted by Crippen LogP contribution is -2.26. The highest BCUT2D eigenvalue weighted by Crippen LogP contribution is 2.33. The molecule has 30 heavy (non-hydrogen) atoms. The molecule has 0 atom stereocenters. The molecule has 0 saturated carbocycles. The van der Waals surface area contributed by atoms with Gasteiger partial charge in [-0.3, -0.25) is 0 Å². The number of benzene rings is 4. The average Bonchev–Trinajstić information content (AvgIpc) is 2.78. The lowest BCUT2D eigenvalue weighted by Gasteiger charge is -2.28. The molecule has 0 N–H and O–H groups in total. The van der Waals surface area contributed by atoms with Crippen LogP contribution in [0.2, 0.25) is 0 Å². The van der Waals surface area contributed by atoms with Gasteiger partial charge >= 0.3 is 0 Å². The van der Waals surface area contributed by atoms with Gasteiger partial charge in [-0.2, -0.15) is 0 Å². The predicted molar refractivity (Wildman–Crippen MR) is 133 cm³/mol. The number of fused-ring (bicyclic) bond motifs is 1. The van der Waals surface area contributed by atoms with Crippen molar-refractivity contribution in [3.8, 4) is 0 Å². The maximum Gasteiger partial charge on any atom is 0.120 e. The molecule has 0 fully saturated rings. The summed E-state index contributed by atoms with van der Waals surface area (Å²) >= 11 is 6.12. The van der Waals surface area contributed by atoms with Crippen molar-refractivity contribution in [3.63, 3.8) is 0 Å². The molecule has 0 aliphatic heterocycles. The van der Waals surface area contributed by atoms with Crippen LogP contribution in [-0.2, 0) is 0 Å². The zero-order valence-electron chi connectivity index (χ0n) is 17.2. The topological polar surface area (TPSA) is 6.48 Å². The average molecular weight is 409 g/mol. The molecule has 0 aromatic heterocycles. The van der Waals surface area contributed by atoms with E-state index in [2.05, 4.69) is 77.8 Å². The number of hydrogen-bond acceptors (Lipinski definition) is 2. The van der Waals surface area contributed by atoms with E-state index in [1.807, 2.05) is 55.4 Å². The Labute approximate surface area is 183 Å². The van der Waals surface area contributed by atoms with Crippen LogP contribution >= 0.6 is 12.2 Å². The van der Waals surface area contributed by atoms with Gasteiger partial charge in [0.05, 0.1) is 0 Å². The zero-order chi connectivity index (χ0) is 20.9. The monoisotopic (exact) mass is 408 g/mol. The van der Waals surface area contributed by atoms with Crippen LogP contribution in [0.3, 0.4) is 0 Å². The van der Waals surface area contributed by atoms with Crippen LogP contribution in [0.25, 0.3) is 16.3 Å².